The fourth-order valence-corrected chi connectivity index (χ4v) is 2.17. The lowest BCUT2D eigenvalue weighted by atomic mass is 10.2. The predicted molar refractivity (Wildman–Crippen MR) is 66.3 cm³/mol. The van der Waals surface area contributed by atoms with E-state index in [9.17, 15) is 0 Å². The summed E-state index contributed by atoms with van der Waals surface area (Å²) in [7, 11) is 0. The predicted octanol–water partition coefficient (Wildman–Crippen LogP) is 2.98. The topological polar surface area (TPSA) is 30.7 Å². The molecule has 0 fully saturated rings. The molecule has 0 aliphatic carbocycles. The molecule has 0 saturated heterocycles. The molecule has 0 amide bonds. The van der Waals surface area contributed by atoms with Gasteiger partial charge in [0.05, 0.1) is 12.7 Å². The van der Waals surface area contributed by atoms with E-state index in [1.54, 1.807) is 16.6 Å². The van der Waals surface area contributed by atoms with Crippen LogP contribution in [0.3, 0.4) is 0 Å². The summed E-state index contributed by atoms with van der Waals surface area (Å²) < 4.78 is 0. The van der Waals surface area contributed by atoms with Crippen molar-refractivity contribution in [3.63, 3.8) is 0 Å². The third-order valence-corrected chi connectivity index (χ3v) is 3.13. The number of thioether (sulfide) groups is 1. The first kappa shape index (κ1) is 11.2. The van der Waals surface area contributed by atoms with Crippen molar-refractivity contribution in [2.45, 2.75) is 30.7 Å². The van der Waals surface area contributed by atoms with Crippen molar-refractivity contribution in [2.24, 2.45) is 0 Å². The van der Waals surface area contributed by atoms with Gasteiger partial charge in [-0.05, 0) is 12.0 Å². The zero-order valence-corrected chi connectivity index (χ0v) is 10.2. The molecule has 3 nitrogen and oxygen atoms in total. The lowest BCUT2D eigenvalue weighted by Gasteiger charge is -1.97. The van der Waals surface area contributed by atoms with Crippen molar-refractivity contribution in [2.75, 3.05) is 0 Å². The molecule has 1 aromatic carbocycles. The quantitative estimate of drug-likeness (QED) is 0.744. The van der Waals surface area contributed by atoms with E-state index in [0.717, 1.165) is 23.7 Å². The van der Waals surface area contributed by atoms with Crippen LogP contribution >= 0.6 is 11.8 Å². The summed E-state index contributed by atoms with van der Waals surface area (Å²) in [4.78, 5) is 1.76. The number of aryl methyl sites for hydroxylation is 1. The van der Waals surface area contributed by atoms with Gasteiger partial charge in [-0.25, -0.2) is 0 Å². The molecule has 0 aliphatic rings. The molecule has 4 heteroatoms. The first-order chi connectivity index (χ1) is 7.88. The second-order valence-electron chi connectivity index (χ2n) is 3.55. The third kappa shape index (κ3) is 3.10. The van der Waals surface area contributed by atoms with Gasteiger partial charge in [0.15, 0.2) is 0 Å². The molecule has 0 spiro atoms. The minimum atomic E-state index is 0.895. The van der Waals surface area contributed by atoms with Gasteiger partial charge in [-0.15, -0.1) is 5.10 Å². The minimum absolute atomic E-state index is 0.895. The maximum absolute atomic E-state index is 4.38. The van der Waals surface area contributed by atoms with Crippen LogP contribution in [-0.4, -0.2) is 15.0 Å². The highest BCUT2D eigenvalue weighted by atomic mass is 32.2. The molecule has 1 aromatic heterocycles. The number of aromatic nitrogens is 3. The number of benzene rings is 1. The average Bonchev–Trinajstić information content (AvgIpc) is 2.76. The van der Waals surface area contributed by atoms with Crippen molar-refractivity contribution in [1.29, 1.82) is 0 Å². The summed E-state index contributed by atoms with van der Waals surface area (Å²) in [5.41, 5.74) is 1.32. The molecule has 0 aliphatic heterocycles. The molecular formula is C12H15N3S. The fraction of sp³-hybridized carbons (Fsp3) is 0.333. The van der Waals surface area contributed by atoms with Gasteiger partial charge in [0.25, 0.3) is 0 Å². The number of hydrogen-bond donors (Lipinski definition) is 0. The van der Waals surface area contributed by atoms with E-state index < -0.39 is 0 Å². The zero-order chi connectivity index (χ0) is 11.2. The van der Waals surface area contributed by atoms with Gasteiger partial charge < -0.3 is 0 Å². The van der Waals surface area contributed by atoms with Gasteiger partial charge in [-0.1, -0.05) is 49.0 Å². The van der Waals surface area contributed by atoms with Gasteiger partial charge >= 0.3 is 0 Å². The summed E-state index contributed by atoms with van der Waals surface area (Å²) in [6.07, 6.45) is 2.90. The van der Waals surface area contributed by atoms with E-state index in [1.165, 1.54) is 5.56 Å². The molecule has 84 valence electrons. The smallest absolute Gasteiger partial charge is 0.139 e. The van der Waals surface area contributed by atoms with E-state index in [1.807, 2.05) is 12.3 Å². The summed E-state index contributed by atoms with van der Waals surface area (Å²) in [6, 6.07) is 10.4. The second-order valence-corrected chi connectivity index (χ2v) is 4.55. The van der Waals surface area contributed by atoms with Crippen LogP contribution in [0, 0.1) is 0 Å². The number of hydrogen-bond acceptors (Lipinski definition) is 3. The van der Waals surface area contributed by atoms with E-state index >= 15 is 0 Å². The second kappa shape index (κ2) is 5.70. The maximum atomic E-state index is 4.38. The Morgan fingerprint density at radius 2 is 2.06 bits per heavy atom. The van der Waals surface area contributed by atoms with Crippen molar-refractivity contribution >= 4 is 11.8 Å². The Morgan fingerprint density at radius 3 is 2.81 bits per heavy atom. The van der Waals surface area contributed by atoms with Gasteiger partial charge in [0.1, 0.15) is 5.03 Å². The molecule has 0 bridgehead atoms. The van der Waals surface area contributed by atoms with E-state index in [0.29, 0.717) is 0 Å². The highest BCUT2D eigenvalue weighted by Crippen LogP contribution is 2.19. The van der Waals surface area contributed by atoms with Crippen LogP contribution in [0.15, 0.2) is 41.6 Å². The van der Waals surface area contributed by atoms with Crippen molar-refractivity contribution in [3.05, 3.63) is 42.1 Å². The van der Waals surface area contributed by atoms with Crippen molar-refractivity contribution in [3.8, 4) is 0 Å². The van der Waals surface area contributed by atoms with E-state index in [-0.39, 0.29) is 0 Å². The normalized spacial score (nSPS) is 10.6. The standard InChI is InChI=1S/C12H15N3S/c1-2-8-15-13-9-12(14-15)16-10-11-6-4-3-5-7-11/h3-7,9H,2,8,10H2,1H3. The SMILES string of the molecule is CCCn1ncc(SCc2ccccc2)n1. The van der Waals surface area contributed by atoms with E-state index in [4.69, 9.17) is 0 Å². The Morgan fingerprint density at radius 1 is 1.25 bits per heavy atom. The van der Waals surface area contributed by atoms with Crippen LogP contribution in [0.2, 0.25) is 0 Å². The average molecular weight is 233 g/mol. The summed E-state index contributed by atoms with van der Waals surface area (Å²) >= 11 is 1.73. The first-order valence-electron chi connectivity index (χ1n) is 5.45. The van der Waals surface area contributed by atoms with Gasteiger partial charge in [0, 0.05) is 5.75 Å². The van der Waals surface area contributed by atoms with Crippen LogP contribution < -0.4 is 0 Å². The Kier molecular flexibility index (Phi) is 3.99. The van der Waals surface area contributed by atoms with Crippen LogP contribution in [0.1, 0.15) is 18.9 Å². The zero-order valence-electron chi connectivity index (χ0n) is 9.34. The number of rotatable bonds is 5. The summed E-state index contributed by atoms with van der Waals surface area (Å²) in [5, 5.41) is 9.58. The van der Waals surface area contributed by atoms with Crippen LogP contribution in [-0.2, 0) is 12.3 Å². The highest BCUT2D eigenvalue weighted by molar-refractivity contribution is 7.98. The molecule has 16 heavy (non-hydrogen) atoms. The molecule has 0 unspecified atom stereocenters. The lowest BCUT2D eigenvalue weighted by molar-refractivity contribution is 0.520. The molecular weight excluding hydrogens is 218 g/mol. The fourth-order valence-electron chi connectivity index (χ4n) is 1.39. The molecule has 0 N–H and O–H groups in total. The molecule has 2 aromatic rings. The summed E-state index contributed by atoms with van der Waals surface area (Å²) in [6.45, 7) is 3.02. The molecule has 0 atom stereocenters. The number of nitrogens with zero attached hydrogens (tertiary/aromatic N) is 3. The third-order valence-electron chi connectivity index (χ3n) is 2.17. The Balaban J connectivity index is 1.89. The van der Waals surface area contributed by atoms with Crippen molar-refractivity contribution in [1.82, 2.24) is 15.0 Å². The van der Waals surface area contributed by atoms with Crippen LogP contribution in [0.5, 0.6) is 0 Å². The molecule has 0 saturated carbocycles. The lowest BCUT2D eigenvalue weighted by Crippen LogP contribution is -2.00. The van der Waals surface area contributed by atoms with Crippen LogP contribution in [0.25, 0.3) is 0 Å². The first-order valence-corrected chi connectivity index (χ1v) is 6.44. The molecule has 1 heterocycles. The Bertz CT molecular complexity index is 425. The monoisotopic (exact) mass is 233 g/mol. The summed E-state index contributed by atoms with van der Waals surface area (Å²) in [5.74, 6) is 0.950. The largest absolute Gasteiger partial charge is 0.184 e. The van der Waals surface area contributed by atoms with Gasteiger partial charge in [0.2, 0.25) is 0 Å². The van der Waals surface area contributed by atoms with Crippen LogP contribution in [0.4, 0.5) is 0 Å². The van der Waals surface area contributed by atoms with Gasteiger partial charge in [-0.3, -0.25) is 0 Å². The molecule has 0 radical (unpaired) electrons. The Hall–Kier alpha value is -1.29. The highest BCUT2D eigenvalue weighted by Gasteiger charge is 2.01. The minimum Gasteiger partial charge on any atom is -0.184 e. The van der Waals surface area contributed by atoms with Crippen molar-refractivity contribution < 1.29 is 0 Å². The molecule has 2 rings (SSSR count). The van der Waals surface area contributed by atoms with E-state index in [2.05, 4.69) is 41.4 Å². The van der Waals surface area contributed by atoms with Gasteiger partial charge in [-0.2, -0.15) is 9.90 Å². The Labute approximate surface area is 99.9 Å². The maximum Gasteiger partial charge on any atom is 0.139 e.